The van der Waals surface area contributed by atoms with Gasteiger partial charge < -0.3 is 10.1 Å². The van der Waals surface area contributed by atoms with Gasteiger partial charge in [0.05, 0.1) is 17.3 Å². The number of rotatable bonds is 5. The van der Waals surface area contributed by atoms with Gasteiger partial charge in [0.1, 0.15) is 6.61 Å². The monoisotopic (exact) mass is 304 g/mol. The number of aryl methyl sites for hydroxylation is 1. The predicted octanol–water partition coefficient (Wildman–Crippen LogP) is 4.53. The summed E-state index contributed by atoms with van der Waals surface area (Å²) in [4.78, 5) is 11.6. The Morgan fingerprint density at radius 2 is 1.76 bits per heavy atom. The maximum Gasteiger partial charge on any atom is 0.411 e. The predicted molar refractivity (Wildman–Crippen MR) is 86.6 cm³/mol. The number of nitrogens with one attached hydrogen (secondary N) is 2. The number of halogens is 1. The molecule has 0 atom stereocenters. The summed E-state index contributed by atoms with van der Waals surface area (Å²) in [5.74, 6) is 0.274. The maximum absolute atomic E-state index is 11.6. The van der Waals surface area contributed by atoms with Crippen LogP contribution in [0.2, 0.25) is 0 Å². The summed E-state index contributed by atoms with van der Waals surface area (Å²) in [6, 6.07) is 15.4. The molecule has 21 heavy (non-hydrogen) atoms. The van der Waals surface area contributed by atoms with E-state index in [0.717, 1.165) is 11.4 Å². The molecule has 0 saturated heterocycles. The summed E-state index contributed by atoms with van der Waals surface area (Å²) >= 11 is 5.48. The fourth-order valence-corrected chi connectivity index (χ4v) is 1.85. The Morgan fingerprint density at radius 3 is 2.43 bits per heavy atom. The lowest BCUT2D eigenvalue weighted by atomic mass is 10.2. The Labute approximate surface area is 129 Å². The van der Waals surface area contributed by atoms with E-state index >= 15 is 0 Å². The molecule has 0 aromatic heterocycles. The molecule has 0 unspecified atom stereocenters. The highest BCUT2D eigenvalue weighted by Crippen LogP contribution is 2.25. The van der Waals surface area contributed by atoms with E-state index in [1.807, 2.05) is 49.4 Å². The van der Waals surface area contributed by atoms with E-state index in [1.54, 1.807) is 6.07 Å². The largest absolute Gasteiger partial charge is 0.448 e. The number of hydrogen-bond acceptors (Lipinski definition) is 3. The summed E-state index contributed by atoms with van der Waals surface area (Å²) in [6.45, 7) is 2.22. The van der Waals surface area contributed by atoms with Gasteiger partial charge in [0.2, 0.25) is 0 Å². The van der Waals surface area contributed by atoms with Gasteiger partial charge in [0.25, 0.3) is 0 Å². The fraction of sp³-hybridized carbons (Fsp3) is 0.188. The topological polar surface area (TPSA) is 50.4 Å². The van der Waals surface area contributed by atoms with Crippen LogP contribution >= 0.6 is 11.6 Å². The van der Waals surface area contributed by atoms with Crippen LogP contribution in [0, 0.1) is 6.92 Å². The molecule has 2 rings (SSSR count). The number of carbonyl (C=O) groups is 1. The highest BCUT2D eigenvalue weighted by molar-refractivity contribution is 6.18. The minimum absolute atomic E-state index is 0.181. The minimum atomic E-state index is -0.520. The van der Waals surface area contributed by atoms with E-state index in [2.05, 4.69) is 10.6 Å². The van der Waals surface area contributed by atoms with Gasteiger partial charge in [-0.3, -0.25) is 5.32 Å². The van der Waals surface area contributed by atoms with Crippen LogP contribution in [0.15, 0.2) is 48.5 Å². The number of ether oxygens (including phenoxy) is 1. The van der Waals surface area contributed by atoms with Gasteiger partial charge in [-0.15, -0.1) is 11.6 Å². The van der Waals surface area contributed by atoms with Crippen LogP contribution in [0.5, 0.6) is 0 Å². The Balaban J connectivity index is 2.09. The van der Waals surface area contributed by atoms with Crippen LogP contribution < -0.4 is 10.6 Å². The molecule has 5 heteroatoms. The van der Waals surface area contributed by atoms with E-state index in [-0.39, 0.29) is 12.5 Å². The first-order valence-electron chi connectivity index (χ1n) is 6.61. The average molecular weight is 305 g/mol. The first-order chi connectivity index (χ1) is 10.2. The minimum Gasteiger partial charge on any atom is -0.448 e. The van der Waals surface area contributed by atoms with E-state index in [0.29, 0.717) is 5.69 Å². The molecule has 0 aliphatic rings. The molecular weight excluding hydrogens is 288 g/mol. The van der Waals surface area contributed by atoms with Gasteiger partial charge in [0, 0.05) is 5.69 Å². The number of carbonyl (C=O) groups excluding carboxylic acids is 1. The molecule has 0 saturated carbocycles. The second kappa shape index (κ2) is 7.55. The highest BCUT2D eigenvalue weighted by Gasteiger charge is 2.07. The fourth-order valence-electron chi connectivity index (χ4n) is 1.77. The summed E-state index contributed by atoms with van der Waals surface area (Å²) in [5, 5.41) is 5.96. The van der Waals surface area contributed by atoms with Crippen molar-refractivity contribution < 1.29 is 9.53 Å². The summed E-state index contributed by atoms with van der Waals surface area (Å²) in [6.07, 6.45) is -0.520. The van der Waals surface area contributed by atoms with Crippen molar-refractivity contribution in [1.82, 2.24) is 0 Å². The summed E-state index contributed by atoms with van der Waals surface area (Å²) in [7, 11) is 0. The molecule has 2 N–H and O–H groups in total. The Hall–Kier alpha value is -2.20. The molecule has 1 amide bonds. The Bertz CT molecular complexity index is 599. The zero-order valence-electron chi connectivity index (χ0n) is 11.7. The van der Waals surface area contributed by atoms with Gasteiger partial charge in [-0.05, 0) is 31.2 Å². The van der Waals surface area contributed by atoms with Crippen molar-refractivity contribution >= 4 is 34.8 Å². The molecule has 2 aromatic carbocycles. The van der Waals surface area contributed by atoms with Gasteiger partial charge in [0.15, 0.2) is 0 Å². The normalized spacial score (nSPS) is 10.0. The number of alkyl halides is 1. The summed E-state index contributed by atoms with van der Waals surface area (Å²) < 4.78 is 4.91. The second-order valence-electron chi connectivity index (χ2n) is 4.49. The number of para-hydroxylation sites is 2. The van der Waals surface area contributed by atoms with Crippen molar-refractivity contribution in [2.75, 3.05) is 23.1 Å². The number of amides is 1. The standard InChI is InChI=1S/C16H17ClN2O2/c1-12-6-8-13(9-7-12)18-14-4-2-3-5-15(14)19-16(20)21-11-10-17/h2-9,18H,10-11H2,1H3,(H,19,20). The van der Waals surface area contributed by atoms with Crippen molar-refractivity contribution in [1.29, 1.82) is 0 Å². The molecule has 0 aliphatic heterocycles. The van der Waals surface area contributed by atoms with Gasteiger partial charge in [-0.2, -0.15) is 0 Å². The third-order valence-corrected chi connectivity index (χ3v) is 2.96. The molecule has 0 radical (unpaired) electrons. The number of benzene rings is 2. The van der Waals surface area contributed by atoms with Crippen molar-refractivity contribution in [2.24, 2.45) is 0 Å². The van der Waals surface area contributed by atoms with E-state index in [4.69, 9.17) is 16.3 Å². The van der Waals surface area contributed by atoms with E-state index in [1.165, 1.54) is 5.56 Å². The van der Waals surface area contributed by atoms with Gasteiger partial charge in [-0.1, -0.05) is 29.8 Å². The maximum atomic E-state index is 11.6. The SMILES string of the molecule is Cc1ccc(Nc2ccccc2NC(=O)OCCCl)cc1. The molecule has 4 nitrogen and oxygen atoms in total. The number of anilines is 3. The first-order valence-corrected chi connectivity index (χ1v) is 7.15. The van der Waals surface area contributed by atoms with E-state index in [9.17, 15) is 4.79 Å². The van der Waals surface area contributed by atoms with Crippen LogP contribution in [0.1, 0.15) is 5.56 Å². The molecule has 0 spiro atoms. The van der Waals surface area contributed by atoms with Crippen LogP contribution in [-0.4, -0.2) is 18.6 Å². The van der Waals surface area contributed by atoms with Crippen LogP contribution in [0.25, 0.3) is 0 Å². The molecular formula is C16H17ClN2O2. The molecule has 0 fully saturated rings. The summed E-state index contributed by atoms with van der Waals surface area (Å²) in [5.41, 5.74) is 3.59. The van der Waals surface area contributed by atoms with Crippen molar-refractivity contribution in [3.05, 3.63) is 54.1 Å². The lowest BCUT2D eigenvalue weighted by molar-refractivity contribution is 0.168. The Kier molecular flexibility index (Phi) is 5.46. The lowest BCUT2D eigenvalue weighted by Gasteiger charge is -2.13. The van der Waals surface area contributed by atoms with Gasteiger partial charge in [-0.25, -0.2) is 4.79 Å². The Morgan fingerprint density at radius 1 is 1.10 bits per heavy atom. The van der Waals surface area contributed by atoms with Crippen LogP contribution in [0.4, 0.5) is 21.9 Å². The van der Waals surface area contributed by atoms with Crippen molar-refractivity contribution in [3.8, 4) is 0 Å². The molecule has 0 aliphatic carbocycles. The smallest absolute Gasteiger partial charge is 0.411 e. The third kappa shape index (κ3) is 4.68. The molecule has 110 valence electrons. The van der Waals surface area contributed by atoms with Crippen molar-refractivity contribution in [3.63, 3.8) is 0 Å². The van der Waals surface area contributed by atoms with Crippen LogP contribution in [-0.2, 0) is 4.74 Å². The lowest BCUT2D eigenvalue weighted by Crippen LogP contribution is -2.15. The zero-order valence-corrected chi connectivity index (χ0v) is 12.5. The quantitative estimate of drug-likeness (QED) is 0.798. The third-order valence-electron chi connectivity index (χ3n) is 2.80. The zero-order chi connectivity index (χ0) is 15.1. The average Bonchev–Trinajstić information content (AvgIpc) is 2.49. The van der Waals surface area contributed by atoms with E-state index < -0.39 is 6.09 Å². The molecule has 0 heterocycles. The number of hydrogen-bond donors (Lipinski definition) is 2. The van der Waals surface area contributed by atoms with Crippen molar-refractivity contribution in [2.45, 2.75) is 6.92 Å². The first kappa shape index (κ1) is 15.2. The van der Waals surface area contributed by atoms with Gasteiger partial charge >= 0.3 is 6.09 Å². The molecule has 0 bridgehead atoms. The second-order valence-corrected chi connectivity index (χ2v) is 4.86. The van der Waals surface area contributed by atoms with Crippen LogP contribution in [0.3, 0.4) is 0 Å². The molecule has 2 aromatic rings. The highest BCUT2D eigenvalue weighted by atomic mass is 35.5.